The van der Waals surface area contributed by atoms with Crippen LogP contribution in [0.15, 0.2) is 66.7 Å². The highest BCUT2D eigenvalue weighted by atomic mass is 16.5. The second-order valence-electron chi connectivity index (χ2n) is 6.27. The minimum Gasteiger partial charge on any atom is -0.497 e. The summed E-state index contributed by atoms with van der Waals surface area (Å²) in [5.74, 6) is 1.33. The van der Waals surface area contributed by atoms with Crippen molar-refractivity contribution in [3.8, 4) is 17.0 Å². The molecule has 4 aromatic rings. The number of hydrogen-bond donors (Lipinski definition) is 2. The lowest BCUT2D eigenvalue weighted by atomic mass is 10.1. The van der Waals surface area contributed by atoms with Crippen molar-refractivity contribution in [3.05, 3.63) is 72.3 Å². The maximum absolute atomic E-state index is 9.62. The van der Waals surface area contributed by atoms with E-state index in [9.17, 15) is 5.11 Å². The molecule has 0 spiro atoms. The number of nitrogens with zero attached hydrogens (tertiary/aromatic N) is 3. The summed E-state index contributed by atoms with van der Waals surface area (Å²) < 4.78 is 7.04. The molecule has 0 saturated carbocycles. The van der Waals surface area contributed by atoms with Crippen molar-refractivity contribution in [1.82, 2.24) is 14.6 Å². The zero-order chi connectivity index (χ0) is 18.8. The van der Waals surface area contributed by atoms with Gasteiger partial charge < -0.3 is 15.2 Å². The van der Waals surface area contributed by atoms with E-state index in [0.29, 0.717) is 5.95 Å². The highest BCUT2D eigenvalue weighted by Gasteiger charge is 2.09. The second kappa shape index (κ2) is 7.09. The number of methoxy groups -OCH3 is 1. The van der Waals surface area contributed by atoms with E-state index in [1.807, 2.05) is 71.2 Å². The first-order valence-electron chi connectivity index (χ1n) is 8.69. The fraction of sp³-hybridized carbons (Fsp3) is 0.143. The molecule has 0 bridgehead atoms. The molecule has 0 saturated heterocycles. The van der Waals surface area contributed by atoms with Crippen molar-refractivity contribution >= 4 is 17.3 Å². The fourth-order valence-corrected chi connectivity index (χ4v) is 2.91. The Morgan fingerprint density at radius 1 is 1.00 bits per heavy atom. The van der Waals surface area contributed by atoms with E-state index < -0.39 is 6.10 Å². The van der Waals surface area contributed by atoms with Crippen LogP contribution in [0.4, 0.5) is 11.6 Å². The first kappa shape index (κ1) is 17.1. The minimum atomic E-state index is -0.487. The van der Waals surface area contributed by atoms with Crippen LogP contribution in [-0.2, 0) is 0 Å². The van der Waals surface area contributed by atoms with Crippen LogP contribution in [0.25, 0.3) is 16.9 Å². The highest BCUT2D eigenvalue weighted by molar-refractivity contribution is 5.65. The smallest absolute Gasteiger partial charge is 0.247 e. The molecular weight excluding hydrogens is 340 g/mol. The van der Waals surface area contributed by atoms with Crippen molar-refractivity contribution in [2.24, 2.45) is 0 Å². The predicted molar refractivity (Wildman–Crippen MR) is 105 cm³/mol. The molecule has 27 heavy (non-hydrogen) atoms. The number of pyridine rings is 1. The Bertz CT molecular complexity index is 1050. The van der Waals surface area contributed by atoms with Crippen LogP contribution >= 0.6 is 0 Å². The lowest BCUT2D eigenvalue weighted by Gasteiger charge is -2.06. The van der Waals surface area contributed by atoms with E-state index in [4.69, 9.17) is 4.74 Å². The van der Waals surface area contributed by atoms with Crippen LogP contribution in [0.5, 0.6) is 5.75 Å². The number of ether oxygens (including phenoxy) is 1. The molecule has 0 fully saturated rings. The molecule has 2 N–H and O–H groups in total. The van der Waals surface area contributed by atoms with Gasteiger partial charge in [0.2, 0.25) is 5.95 Å². The number of aliphatic hydroxyl groups is 1. The van der Waals surface area contributed by atoms with Crippen LogP contribution in [0, 0.1) is 0 Å². The summed E-state index contributed by atoms with van der Waals surface area (Å²) >= 11 is 0. The summed E-state index contributed by atoms with van der Waals surface area (Å²) in [4.78, 5) is 4.55. The van der Waals surface area contributed by atoms with E-state index in [-0.39, 0.29) is 0 Å². The van der Waals surface area contributed by atoms with Gasteiger partial charge in [0.25, 0.3) is 0 Å². The number of fused-ring (bicyclic) bond motifs is 1. The van der Waals surface area contributed by atoms with Gasteiger partial charge in [0.05, 0.1) is 18.9 Å². The number of aliphatic hydroxyl groups excluding tert-OH is 1. The van der Waals surface area contributed by atoms with Crippen molar-refractivity contribution in [1.29, 1.82) is 0 Å². The largest absolute Gasteiger partial charge is 0.497 e. The van der Waals surface area contributed by atoms with Gasteiger partial charge in [-0.3, -0.25) is 0 Å². The molecule has 0 aliphatic heterocycles. The van der Waals surface area contributed by atoms with Crippen LogP contribution in [0.3, 0.4) is 0 Å². The SMILES string of the molecule is COc1ccc(-c2cccc3nc(Nc4ccc(C(C)O)cc4)nn23)cc1. The lowest BCUT2D eigenvalue weighted by Crippen LogP contribution is -1.96. The summed E-state index contributed by atoms with van der Waals surface area (Å²) in [6.07, 6.45) is -0.487. The molecule has 6 nitrogen and oxygen atoms in total. The molecule has 2 heterocycles. The molecule has 0 aliphatic rings. The molecule has 136 valence electrons. The first-order chi connectivity index (χ1) is 13.1. The molecule has 0 radical (unpaired) electrons. The molecule has 1 atom stereocenters. The number of hydrogen-bond acceptors (Lipinski definition) is 5. The first-order valence-corrected chi connectivity index (χ1v) is 8.69. The Labute approximate surface area is 157 Å². The van der Waals surface area contributed by atoms with Crippen molar-refractivity contribution in [3.63, 3.8) is 0 Å². The Kier molecular flexibility index (Phi) is 4.48. The van der Waals surface area contributed by atoms with Gasteiger partial charge in [-0.1, -0.05) is 18.2 Å². The van der Waals surface area contributed by atoms with Gasteiger partial charge in [-0.2, -0.15) is 4.98 Å². The van der Waals surface area contributed by atoms with E-state index in [1.165, 1.54) is 0 Å². The maximum Gasteiger partial charge on any atom is 0.247 e. The standard InChI is InChI=1S/C21H20N4O2/c1-14(26)15-6-10-17(11-7-15)22-21-23-20-5-3-4-19(25(20)24-21)16-8-12-18(27-2)13-9-16/h3-14,26H,1-2H3,(H,22,24). The second-order valence-corrected chi connectivity index (χ2v) is 6.27. The third-order valence-corrected chi connectivity index (χ3v) is 4.39. The van der Waals surface area contributed by atoms with Crippen LogP contribution in [-0.4, -0.2) is 26.8 Å². The molecule has 1 unspecified atom stereocenters. The van der Waals surface area contributed by atoms with Gasteiger partial charge in [0.1, 0.15) is 5.75 Å². The fourth-order valence-electron chi connectivity index (χ4n) is 2.91. The molecule has 4 rings (SSSR count). The quantitative estimate of drug-likeness (QED) is 0.558. The van der Waals surface area contributed by atoms with Crippen LogP contribution in [0.2, 0.25) is 0 Å². The normalized spacial score (nSPS) is 12.1. The molecule has 6 heteroatoms. The topological polar surface area (TPSA) is 71.7 Å². The molecule has 0 amide bonds. The van der Waals surface area contributed by atoms with Gasteiger partial charge in [0, 0.05) is 11.3 Å². The number of benzene rings is 2. The Hall–Kier alpha value is -3.38. The van der Waals surface area contributed by atoms with Gasteiger partial charge in [0.15, 0.2) is 5.65 Å². The average molecular weight is 360 g/mol. The summed E-state index contributed by atoms with van der Waals surface area (Å²) in [6.45, 7) is 1.74. The third kappa shape index (κ3) is 3.47. The molecular formula is C21H20N4O2. The van der Waals surface area contributed by atoms with E-state index in [1.54, 1.807) is 14.0 Å². The van der Waals surface area contributed by atoms with Gasteiger partial charge in [-0.15, -0.1) is 5.10 Å². The molecule has 0 aliphatic carbocycles. The average Bonchev–Trinajstić information content (AvgIpc) is 3.11. The number of aromatic nitrogens is 3. The van der Waals surface area contributed by atoms with Crippen molar-refractivity contribution in [2.75, 3.05) is 12.4 Å². The lowest BCUT2D eigenvalue weighted by molar-refractivity contribution is 0.199. The van der Waals surface area contributed by atoms with E-state index in [0.717, 1.165) is 33.9 Å². The third-order valence-electron chi connectivity index (χ3n) is 4.39. The van der Waals surface area contributed by atoms with Crippen molar-refractivity contribution < 1.29 is 9.84 Å². The molecule has 2 aromatic heterocycles. The number of nitrogens with one attached hydrogen (secondary N) is 1. The summed E-state index contributed by atoms with van der Waals surface area (Å²) in [5, 5.41) is 17.4. The Balaban J connectivity index is 1.65. The summed E-state index contributed by atoms with van der Waals surface area (Å²) in [7, 11) is 1.65. The van der Waals surface area contributed by atoms with E-state index in [2.05, 4.69) is 15.4 Å². The van der Waals surface area contributed by atoms with Gasteiger partial charge in [-0.05, 0) is 61.0 Å². The summed E-state index contributed by atoms with van der Waals surface area (Å²) in [6, 6.07) is 21.3. The zero-order valence-corrected chi connectivity index (χ0v) is 15.1. The number of anilines is 2. The monoisotopic (exact) mass is 360 g/mol. The predicted octanol–water partition coefficient (Wildman–Crippen LogP) is 4.20. The van der Waals surface area contributed by atoms with Crippen LogP contribution in [0.1, 0.15) is 18.6 Å². The van der Waals surface area contributed by atoms with Crippen LogP contribution < -0.4 is 10.1 Å². The minimum absolute atomic E-state index is 0.487. The van der Waals surface area contributed by atoms with Gasteiger partial charge >= 0.3 is 0 Å². The maximum atomic E-state index is 9.62. The van der Waals surface area contributed by atoms with Crippen molar-refractivity contribution in [2.45, 2.75) is 13.0 Å². The molecule has 2 aromatic carbocycles. The Morgan fingerprint density at radius 2 is 1.74 bits per heavy atom. The zero-order valence-electron chi connectivity index (χ0n) is 15.1. The van der Waals surface area contributed by atoms with Gasteiger partial charge in [-0.25, -0.2) is 4.52 Å². The summed E-state index contributed by atoms with van der Waals surface area (Å²) in [5.41, 5.74) is 4.46. The highest BCUT2D eigenvalue weighted by Crippen LogP contribution is 2.24. The Morgan fingerprint density at radius 3 is 2.41 bits per heavy atom. The number of rotatable bonds is 5. The van der Waals surface area contributed by atoms with E-state index >= 15 is 0 Å².